The van der Waals surface area contributed by atoms with Gasteiger partial charge >= 0.3 is 17.9 Å². The molecular formula is C25H24N6O7S. The van der Waals surface area contributed by atoms with Gasteiger partial charge in [0.1, 0.15) is 17.1 Å². The first kappa shape index (κ1) is 26.0. The summed E-state index contributed by atoms with van der Waals surface area (Å²) in [5.41, 5.74) is 0.0141. The van der Waals surface area contributed by atoms with Gasteiger partial charge in [-0.15, -0.1) is 11.3 Å². The number of carbonyl (C=O) groups is 3. The molecule has 0 atom stereocenters. The molecule has 0 aliphatic carbocycles. The molecule has 5 rings (SSSR count). The SMILES string of the molecule is CCOC(=O)c1cc(C(=O)OCC)n(C2CN(c3cc(C)c4c(=O)c(C(=O)O)cn(-c5nccs5)c4n3)C2)n1. The van der Waals surface area contributed by atoms with Crippen LogP contribution in [0.1, 0.15) is 56.8 Å². The van der Waals surface area contributed by atoms with Gasteiger partial charge in [0.2, 0.25) is 5.43 Å². The summed E-state index contributed by atoms with van der Waals surface area (Å²) in [5, 5.41) is 16.3. The normalized spacial score (nSPS) is 13.4. The summed E-state index contributed by atoms with van der Waals surface area (Å²) in [6, 6.07) is 2.82. The van der Waals surface area contributed by atoms with Crippen LogP contribution >= 0.6 is 11.3 Å². The Bertz CT molecular complexity index is 1650. The average Bonchev–Trinajstić information content (AvgIpc) is 3.54. The zero-order valence-electron chi connectivity index (χ0n) is 21.3. The molecule has 13 nitrogen and oxygen atoms in total. The van der Waals surface area contributed by atoms with E-state index in [1.165, 1.54) is 32.8 Å². The minimum absolute atomic E-state index is 0.0136. The van der Waals surface area contributed by atoms with Gasteiger partial charge in [-0.1, -0.05) is 0 Å². The number of aromatic carboxylic acids is 1. The van der Waals surface area contributed by atoms with E-state index in [9.17, 15) is 24.3 Å². The number of esters is 2. The molecule has 1 aliphatic rings. The number of carboxylic acid groups (broad SMARTS) is 1. The minimum atomic E-state index is -1.33. The highest BCUT2D eigenvalue weighted by atomic mass is 32.1. The van der Waals surface area contributed by atoms with E-state index in [-0.39, 0.29) is 47.2 Å². The number of ether oxygens (including phenoxy) is 2. The fourth-order valence-electron chi connectivity index (χ4n) is 4.40. The van der Waals surface area contributed by atoms with E-state index in [0.717, 1.165) is 0 Å². The number of fused-ring (bicyclic) bond motifs is 1. The van der Waals surface area contributed by atoms with Crippen LogP contribution in [-0.4, -0.2) is 73.6 Å². The second kappa shape index (κ2) is 10.3. The molecule has 5 heterocycles. The van der Waals surface area contributed by atoms with Gasteiger partial charge in [-0.3, -0.25) is 14.0 Å². The monoisotopic (exact) mass is 552 g/mol. The predicted octanol–water partition coefficient (Wildman–Crippen LogP) is 2.46. The maximum Gasteiger partial charge on any atom is 0.358 e. The first-order valence-corrected chi connectivity index (χ1v) is 13.0. The highest BCUT2D eigenvalue weighted by molar-refractivity contribution is 7.12. The van der Waals surface area contributed by atoms with Crippen LogP contribution in [0.4, 0.5) is 5.82 Å². The number of aromatic nitrogens is 5. The molecule has 39 heavy (non-hydrogen) atoms. The van der Waals surface area contributed by atoms with Gasteiger partial charge in [0, 0.05) is 36.9 Å². The summed E-state index contributed by atoms with van der Waals surface area (Å²) in [6.07, 6.45) is 2.82. The Kier molecular flexibility index (Phi) is 6.87. The van der Waals surface area contributed by atoms with Crippen LogP contribution in [0.2, 0.25) is 0 Å². The smallest absolute Gasteiger partial charge is 0.358 e. The number of carboxylic acids is 1. The quantitative estimate of drug-likeness (QED) is 0.320. The zero-order chi connectivity index (χ0) is 27.8. The Morgan fingerprint density at radius 1 is 1.13 bits per heavy atom. The van der Waals surface area contributed by atoms with Gasteiger partial charge < -0.3 is 19.5 Å². The van der Waals surface area contributed by atoms with Crippen molar-refractivity contribution in [3.8, 4) is 5.13 Å². The molecule has 1 saturated heterocycles. The van der Waals surface area contributed by atoms with Gasteiger partial charge in [0.25, 0.3) is 0 Å². The predicted molar refractivity (Wildman–Crippen MR) is 140 cm³/mol. The van der Waals surface area contributed by atoms with E-state index in [1.54, 1.807) is 38.4 Å². The lowest BCUT2D eigenvalue weighted by molar-refractivity contribution is 0.0501. The summed E-state index contributed by atoms with van der Waals surface area (Å²) >= 11 is 1.28. The summed E-state index contributed by atoms with van der Waals surface area (Å²) in [4.78, 5) is 60.5. The van der Waals surface area contributed by atoms with E-state index < -0.39 is 23.3 Å². The maximum absolute atomic E-state index is 13.0. The van der Waals surface area contributed by atoms with Crippen LogP contribution in [0.5, 0.6) is 0 Å². The molecule has 0 bridgehead atoms. The number of nitrogens with zero attached hydrogens (tertiary/aromatic N) is 6. The summed E-state index contributed by atoms with van der Waals surface area (Å²) in [5.74, 6) is -2.01. The number of aryl methyl sites for hydroxylation is 1. The Hall–Kier alpha value is -4.59. The Balaban J connectivity index is 1.51. The first-order chi connectivity index (χ1) is 18.7. The highest BCUT2D eigenvalue weighted by Gasteiger charge is 2.35. The van der Waals surface area contributed by atoms with Crippen molar-refractivity contribution >= 4 is 46.1 Å². The van der Waals surface area contributed by atoms with E-state index in [2.05, 4.69) is 10.1 Å². The van der Waals surface area contributed by atoms with Crippen LogP contribution in [0.15, 0.2) is 34.7 Å². The van der Waals surface area contributed by atoms with Crippen molar-refractivity contribution in [2.45, 2.75) is 26.8 Å². The highest BCUT2D eigenvalue weighted by Crippen LogP contribution is 2.31. The number of anilines is 1. The molecule has 4 aromatic heterocycles. The average molecular weight is 553 g/mol. The van der Waals surface area contributed by atoms with E-state index in [1.807, 2.05) is 4.90 Å². The second-order valence-corrected chi connectivity index (χ2v) is 9.59. The van der Waals surface area contributed by atoms with Crippen molar-refractivity contribution in [3.63, 3.8) is 0 Å². The van der Waals surface area contributed by atoms with Crippen molar-refractivity contribution in [1.29, 1.82) is 0 Å². The van der Waals surface area contributed by atoms with E-state index >= 15 is 0 Å². The van der Waals surface area contributed by atoms with Crippen LogP contribution < -0.4 is 10.3 Å². The van der Waals surface area contributed by atoms with Crippen molar-refractivity contribution in [1.82, 2.24) is 24.3 Å². The fraction of sp³-hybridized carbons (Fsp3) is 0.320. The number of hydrogen-bond donors (Lipinski definition) is 1. The lowest BCUT2D eigenvalue weighted by Gasteiger charge is -2.40. The topological polar surface area (TPSA) is 159 Å². The maximum atomic E-state index is 13.0. The summed E-state index contributed by atoms with van der Waals surface area (Å²) in [7, 11) is 0. The lowest BCUT2D eigenvalue weighted by atomic mass is 10.1. The van der Waals surface area contributed by atoms with Crippen LogP contribution in [0.3, 0.4) is 0 Å². The molecule has 0 unspecified atom stereocenters. The van der Waals surface area contributed by atoms with Crippen LogP contribution in [0.25, 0.3) is 16.2 Å². The van der Waals surface area contributed by atoms with Gasteiger partial charge in [-0.25, -0.2) is 24.4 Å². The third kappa shape index (κ3) is 4.63. The molecule has 14 heteroatoms. The number of pyridine rings is 2. The molecule has 4 aromatic rings. The van der Waals surface area contributed by atoms with Gasteiger partial charge in [-0.05, 0) is 32.4 Å². The number of thiazole rings is 1. The van der Waals surface area contributed by atoms with Crippen LogP contribution in [-0.2, 0) is 9.47 Å². The van der Waals surface area contributed by atoms with Crippen molar-refractivity contribution in [2.24, 2.45) is 0 Å². The Morgan fingerprint density at radius 3 is 2.49 bits per heavy atom. The molecule has 0 radical (unpaired) electrons. The molecule has 0 amide bonds. The number of hydrogen-bond acceptors (Lipinski definition) is 11. The lowest BCUT2D eigenvalue weighted by Crippen LogP contribution is -2.49. The minimum Gasteiger partial charge on any atom is -0.477 e. The zero-order valence-corrected chi connectivity index (χ0v) is 22.1. The van der Waals surface area contributed by atoms with Crippen molar-refractivity contribution in [2.75, 3.05) is 31.2 Å². The van der Waals surface area contributed by atoms with Crippen molar-refractivity contribution < 1.29 is 29.0 Å². The molecule has 0 spiro atoms. The van der Waals surface area contributed by atoms with E-state index in [0.29, 0.717) is 29.6 Å². The van der Waals surface area contributed by atoms with Gasteiger partial charge in [-0.2, -0.15) is 5.10 Å². The number of rotatable bonds is 8. The van der Waals surface area contributed by atoms with E-state index in [4.69, 9.17) is 14.5 Å². The molecule has 0 saturated carbocycles. The standard InChI is InChI=1S/C25H24N6O7S/c1-4-37-23(35)16-9-17(24(36)38-5-2)31(28-16)14-10-29(11-14)18-8-13(3)19-20(32)15(22(33)34)12-30(21(19)27-18)25-26-6-7-39-25/h6-9,12,14H,4-5,10-11H2,1-3H3,(H,33,34). The van der Waals surface area contributed by atoms with Crippen molar-refractivity contribution in [3.05, 3.63) is 62.6 Å². The molecule has 1 N–H and O–H groups in total. The van der Waals surface area contributed by atoms with Gasteiger partial charge in [0.05, 0.1) is 24.6 Å². The summed E-state index contributed by atoms with van der Waals surface area (Å²) in [6.45, 7) is 6.24. The second-order valence-electron chi connectivity index (χ2n) is 8.72. The summed E-state index contributed by atoms with van der Waals surface area (Å²) < 4.78 is 13.2. The fourth-order valence-corrected chi connectivity index (χ4v) is 5.02. The molecule has 1 aliphatic heterocycles. The third-order valence-electron chi connectivity index (χ3n) is 6.23. The third-order valence-corrected chi connectivity index (χ3v) is 7.01. The molecule has 1 fully saturated rings. The van der Waals surface area contributed by atoms with Gasteiger partial charge in [0.15, 0.2) is 16.5 Å². The Morgan fingerprint density at radius 2 is 1.85 bits per heavy atom. The Labute approximate surface area is 225 Å². The molecule has 0 aromatic carbocycles. The largest absolute Gasteiger partial charge is 0.477 e. The molecular weight excluding hydrogens is 528 g/mol. The first-order valence-electron chi connectivity index (χ1n) is 12.1. The molecule has 202 valence electrons. The number of carbonyl (C=O) groups excluding carboxylic acids is 2. The van der Waals surface area contributed by atoms with Crippen LogP contribution in [0, 0.1) is 6.92 Å².